The fraction of sp³-hybridized carbons (Fsp3) is 0. The molecule has 0 N–H and O–H groups in total. The number of anilines is 3. The third kappa shape index (κ3) is 5.24. The monoisotopic (exact) mass is 719 g/mol. The molecule has 0 bridgehead atoms. The highest BCUT2D eigenvalue weighted by molar-refractivity contribution is 7.27. The predicted octanol–water partition coefficient (Wildman–Crippen LogP) is 15.6. The summed E-state index contributed by atoms with van der Waals surface area (Å²) in [7, 11) is 0. The molecule has 2 heterocycles. The summed E-state index contributed by atoms with van der Waals surface area (Å²) in [5.41, 5.74) is 12.2. The Morgan fingerprint density at radius 1 is 0.345 bits per heavy atom. The molecule has 2 aromatic heterocycles. The predicted molar refractivity (Wildman–Crippen MR) is 235 cm³/mol. The molecule has 0 fully saturated rings. The normalized spacial score (nSPS) is 11.6. The SMILES string of the molecule is c1ccc(-c2ccc(-c3ccc(N(c4ccc(-c5ccccc5)cc4)c4cccc5oc6c7c8ccccc8sc7c7ccccc7c6c45)cc3)cc2)cc1. The van der Waals surface area contributed by atoms with Crippen molar-refractivity contribution in [2.45, 2.75) is 0 Å². The summed E-state index contributed by atoms with van der Waals surface area (Å²) in [6.07, 6.45) is 0. The van der Waals surface area contributed by atoms with E-state index in [0.29, 0.717) is 0 Å². The van der Waals surface area contributed by atoms with E-state index >= 15 is 0 Å². The fourth-order valence-corrected chi connectivity index (χ4v) is 9.50. The average Bonchev–Trinajstić information content (AvgIpc) is 3.85. The second-order valence-corrected chi connectivity index (χ2v) is 15.1. The smallest absolute Gasteiger partial charge is 0.145 e. The van der Waals surface area contributed by atoms with Crippen molar-refractivity contribution in [1.82, 2.24) is 0 Å². The number of nitrogens with zero attached hydrogens (tertiary/aromatic N) is 1. The van der Waals surface area contributed by atoms with Crippen LogP contribution in [0.15, 0.2) is 205 Å². The number of rotatable bonds is 6. The Bertz CT molecular complexity index is 3160. The summed E-state index contributed by atoms with van der Waals surface area (Å²) in [4.78, 5) is 2.39. The van der Waals surface area contributed by atoms with Crippen molar-refractivity contribution in [3.8, 4) is 33.4 Å². The van der Waals surface area contributed by atoms with Gasteiger partial charge in [0, 0.05) is 42.3 Å². The largest absolute Gasteiger partial charge is 0.455 e. The maximum atomic E-state index is 6.98. The molecular formula is C52H33NOS. The molecule has 0 aliphatic heterocycles. The summed E-state index contributed by atoms with van der Waals surface area (Å²) in [6.45, 7) is 0. The lowest BCUT2D eigenvalue weighted by Gasteiger charge is -2.27. The van der Waals surface area contributed by atoms with E-state index in [1.54, 1.807) is 0 Å². The molecule has 2 nitrogen and oxygen atoms in total. The second kappa shape index (κ2) is 12.9. The third-order valence-electron chi connectivity index (χ3n) is 10.9. The zero-order valence-corrected chi connectivity index (χ0v) is 30.6. The highest BCUT2D eigenvalue weighted by Crippen LogP contribution is 2.50. The molecule has 0 atom stereocenters. The average molecular weight is 720 g/mol. The van der Waals surface area contributed by atoms with Crippen LogP contribution in [0.25, 0.3) is 86.3 Å². The molecule has 0 aliphatic rings. The molecule has 9 aromatic carbocycles. The highest BCUT2D eigenvalue weighted by Gasteiger charge is 2.24. The molecule has 0 radical (unpaired) electrons. The lowest BCUT2D eigenvalue weighted by molar-refractivity contribution is 0.673. The van der Waals surface area contributed by atoms with E-state index in [9.17, 15) is 0 Å². The van der Waals surface area contributed by atoms with Crippen LogP contribution in [-0.4, -0.2) is 0 Å². The Morgan fingerprint density at radius 2 is 0.818 bits per heavy atom. The first-order valence-electron chi connectivity index (χ1n) is 18.7. The van der Waals surface area contributed by atoms with E-state index in [0.717, 1.165) is 39.0 Å². The molecule has 0 saturated carbocycles. The molecule has 0 saturated heterocycles. The van der Waals surface area contributed by atoms with Gasteiger partial charge in [0.05, 0.1) is 11.1 Å². The molecule has 11 rings (SSSR count). The van der Waals surface area contributed by atoms with Crippen LogP contribution in [0, 0.1) is 0 Å². The third-order valence-corrected chi connectivity index (χ3v) is 12.1. The molecular weight excluding hydrogens is 687 g/mol. The molecule has 0 amide bonds. The zero-order chi connectivity index (χ0) is 36.3. The van der Waals surface area contributed by atoms with Crippen LogP contribution < -0.4 is 4.90 Å². The van der Waals surface area contributed by atoms with Crippen LogP contribution in [0.2, 0.25) is 0 Å². The topological polar surface area (TPSA) is 16.4 Å². The molecule has 55 heavy (non-hydrogen) atoms. The minimum atomic E-state index is 0.876. The number of thiophene rings is 1. The van der Waals surface area contributed by atoms with Crippen LogP contribution in [0.1, 0.15) is 0 Å². The van der Waals surface area contributed by atoms with Gasteiger partial charge in [0.25, 0.3) is 0 Å². The number of furan rings is 1. The Hall–Kier alpha value is -6.94. The maximum absolute atomic E-state index is 6.98. The van der Waals surface area contributed by atoms with Crippen molar-refractivity contribution < 1.29 is 4.42 Å². The standard InChI is InChI=1S/C52H33NOS/c1-3-12-34(13-4-1)36-22-24-37(25-23-36)39-28-32-41(33-29-39)53(40-30-26-38(27-31-40)35-14-5-2-6-15-35)45-19-11-20-46-50(45)48-42-16-7-8-17-43(42)52-49(51(48)54-46)44-18-9-10-21-47(44)55-52/h1-33H. The van der Waals surface area contributed by atoms with E-state index in [1.165, 1.54) is 64.3 Å². The first-order chi connectivity index (χ1) is 27.3. The van der Waals surface area contributed by atoms with Crippen molar-refractivity contribution in [2.24, 2.45) is 0 Å². The van der Waals surface area contributed by atoms with Gasteiger partial charge in [0.15, 0.2) is 0 Å². The highest BCUT2D eigenvalue weighted by atomic mass is 32.1. The van der Waals surface area contributed by atoms with Crippen molar-refractivity contribution >= 4 is 81.3 Å². The van der Waals surface area contributed by atoms with E-state index in [4.69, 9.17) is 4.42 Å². The molecule has 0 unspecified atom stereocenters. The second-order valence-electron chi connectivity index (χ2n) is 14.0. The number of benzene rings is 9. The van der Waals surface area contributed by atoms with Gasteiger partial charge >= 0.3 is 0 Å². The first-order valence-corrected chi connectivity index (χ1v) is 19.5. The summed E-state index contributed by atoms with van der Waals surface area (Å²) in [5, 5.41) is 7.15. The molecule has 11 aromatic rings. The van der Waals surface area contributed by atoms with Gasteiger partial charge in [0.2, 0.25) is 0 Å². The van der Waals surface area contributed by atoms with Crippen molar-refractivity contribution in [3.05, 3.63) is 200 Å². The lowest BCUT2D eigenvalue weighted by Crippen LogP contribution is -2.10. The molecule has 0 spiro atoms. The van der Waals surface area contributed by atoms with E-state index in [2.05, 4.69) is 205 Å². The van der Waals surface area contributed by atoms with Gasteiger partial charge in [0.1, 0.15) is 11.2 Å². The fourth-order valence-electron chi connectivity index (χ4n) is 8.26. The van der Waals surface area contributed by atoms with Crippen LogP contribution in [-0.2, 0) is 0 Å². The zero-order valence-electron chi connectivity index (χ0n) is 29.8. The van der Waals surface area contributed by atoms with Crippen LogP contribution in [0.5, 0.6) is 0 Å². The van der Waals surface area contributed by atoms with Crippen molar-refractivity contribution in [1.29, 1.82) is 0 Å². The summed E-state index contributed by atoms with van der Waals surface area (Å²) >= 11 is 1.85. The summed E-state index contributed by atoms with van der Waals surface area (Å²) in [6, 6.07) is 71.9. The minimum Gasteiger partial charge on any atom is -0.455 e. The number of fused-ring (bicyclic) bond motifs is 10. The summed E-state index contributed by atoms with van der Waals surface area (Å²) in [5.74, 6) is 0. The molecule has 258 valence electrons. The Morgan fingerprint density at radius 3 is 1.40 bits per heavy atom. The Labute approximate surface area is 322 Å². The van der Waals surface area contributed by atoms with Gasteiger partial charge < -0.3 is 9.32 Å². The van der Waals surface area contributed by atoms with Gasteiger partial charge in [-0.05, 0) is 81.2 Å². The van der Waals surface area contributed by atoms with Crippen LogP contribution in [0.3, 0.4) is 0 Å². The van der Waals surface area contributed by atoms with E-state index in [-0.39, 0.29) is 0 Å². The Balaban J connectivity index is 1.12. The first kappa shape index (κ1) is 31.6. The van der Waals surface area contributed by atoms with Gasteiger partial charge in [-0.2, -0.15) is 0 Å². The molecule has 0 aliphatic carbocycles. The lowest BCUT2D eigenvalue weighted by atomic mass is 9.98. The Kier molecular flexibility index (Phi) is 7.39. The van der Waals surface area contributed by atoms with E-state index in [1.807, 2.05) is 11.3 Å². The van der Waals surface area contributed by atoms with Crippen LogP contribution in [0.4, 0.5) is 17.1 Å². The van der Waals surface area contributed by atoms with Gasteiger partial charge in [-0.25, -0.2) is 0 Å². The number of hydrogen-bond acceptors (Lipinski definition) is 3. The number of hydrogen-bond donors (Lipinski definition) is 0. The van der Waals surface area contributed by atoms with Gasteiger partial charge in [-0.3, -0.25) is 0 Å². The van der Waals surface area contributed by atoms with Crippen molar-refractivity contribution in [2.75, 3.05) is 4.90 Å². The molecule has 3 heteroatoms. The van der Waals surface area contributed by atoms with Crippen LogP contribution >= 0.6 is 11.3 Å². The van der Waals surface area contributed by atoms with Gasteiger partial charge in [-0.1, -0.05) is 158 Å². The van der Waals surface area contributed by atoms with E-state index < -0.39 is 0 Å². The van der Waals surface area contributed by atoms with Crippen molar-refractivity contribution in [3.63, 3.8) is 0 Å². The minimum absolute atomic E-state index is 0.876. The van der Waals surface area contributed by atoms with Gasteiger partial charge in [-0.15, -0.1) is 11.3 Å². The maximum Gasteiger partial charge on any atom is 0.145 e. The summed E-state index contributed by atoms with van der Waals surface area (Å²) < 4.78 is 9.52. The quantitative estimate of drug-likeness (QED) is 0.170.